The maximum atomic E-state index is 11.8. The average Bonchev–Trinajstić information content (AvgIpc) is 2.68. The first-order chi connectivity index (χ1) is 9.13. The zero-order valence-electron chi connectivity index (χ0n) is 11.7. The Balaban J connectivity index is 2.26. The minimum absolute atomic E-state index is 0.0725. The average molecular weight is 281 g/mol. The van der Waals surface area contributed by atoms with Crippen LogP contribution in [0.15, 0.2) is 11.4 Å². The van der Waals surface area contributed by atoms with Crippen molar-refractivity contribution < 1.29 is 4.79 Å². The van der Waals surface area contributed by atoms with Gasteiger partial charge in [0.05, 0.1) is 12.6 Å². The molecule has 0 spiro atoms. The van der Waals surface area contributed by atoms with Gasteiger partial charge >= 0.3 is 0 Å². The van der Waals surface area contributed by atoms with Crippen LogP contribution in [0.3, 0.4) is 0 Å². The number of hydrogen-bond acceptors (Lipinski definition) is 4. The molecule has 2 unspecified atom stereocenters. The Kier molecular flexibility index (Phi) is 4.96. The number of carbonyl (C=O) groups is 1. The van der Waals surface area contributed by atoms with Crippen LogP contribution in [0.1, 0.15) is 36.2 Å². The summed E-state index contributed by atoms with van der Waals surface area (Å²) in [6, 6.07) is 2.37. The van der Waals surface area contributed by atoms with Gasteiger partial charge in [-0.3, -0.25) is 9.69 Å². The molecule has 3 N–H and O–H groups in total. The fourth-order valence-electron chi connectivity index (χ4n) is 2.61. The van der Waals surface area contributed by atoms with Gasteiger partial charge < -0.3 is 11.1 Å². The molecular weight excluding hydrogens is 258 g/mol. The van der Waals surface area contributed by atoms with Gasteiger partial charge in [-0.2, -0.15) is 0 Å². The first-order valence-electron chi connectivity index (χ1n) is 6.93. The molecule has 1 aliphatic rings. The van der Waals surface area contributed by atoms with E-state index in [4.69, 9.17) is 5.73 Å². The number of hydrogen-bond donors (Lipinski definition) is 2. The molecule has 0 radical (unpaired) electrons. The van der Waals surface area contributed by atoms with Crippen molar-refractivity contribution in [3.63, 3.8) is 0 Å². The summed E-state index contributed by atoms with van der Waals surface area (Å²) >= 11 is 1.75. The Morgan fingerprint density at radius 3 is 3.00 bits per heavy atom. The summed E-state index contributed by atoms with van der Waals surface area (Å²) in [6.07, 6.45) is 1.91. The predicted molar refractivity (Wildman–Crippen MR) is 79.3 cm³/mol. The largest absolute Gasteiger partial charge is 0.355 e. The second-order valence-corrected chi connectivity index (χ2v) is 6.11. The smallest absolute Gasteiger partial charge is 0.234 e. The first kappa shape index (κ1) is 14.5. The van der Waals surface area contributed by atoms with Crippen molar-refractivity contribution in [2.75, 3.05) is 19.6 Å². The minimum Gasteiger partial charge on any atom is -0.355 e. The molecule has 1 aromatic heterocycles. The molecule has 2 rings (SSSR count). The van der Waals surface area contributed by atoms with E-state index in [2.05, 4.69) is 35.5 Å². The monoisotopic (exact) mass is 281 g/mol. The maximum absolute atomic E-state index is 11.8. The zero-order chi connectivity index (χ0) is 13.8. The van der Waals surface area contributed by atoms with Crippen LogP contribution in [0.5, 0.6) is 0 Å². The molecule has 0 aliphatic carbocycles. The van der Waals surface area contributed by atoms with Crippen molar-refractivity contribution in [1.82, 2.24) is 10.2 Å². The summed E-state index contributed by atoms with van der Waals surface area (Å²) in [7, 11) is 0. The van der Waals surface area contributed by atoms with E-state index in [0.717, 1.165) is 25.9 Å². The topological polar surface area (TPSA) is 58.4 Å². The van der Waals surface area contributed by atoms with Gasteiger partial charge in [0.2, 0.25) is 5.91 Å². The first-order valence-corrected chi connectivity index (χ1v) is 7.81. The number of nitrogens with two attached hydrogens (primary N) is 1. The highest BCUT2D eigenvalue weighted by molar-refractivity contribution is 7.10. The fraction of sp³-hybridized carbons (Fsp3) is 0.643. The van der Waals surface area contributed by atoms with Crippen LogP contribution in [0.4, 0.5) is 0 Å². The van der Waals surface area contributed by atoms with Gasteiger partial charge in [0, 0.05) is 24.0 Å². The summed E-state index contributed by atoms with van der Waals surface area (Å²) in [6.45, 7) is 6.38. The highest BCUT2D eigenvalue weighted by Crippen LogP contribution is 2.32. The third kappa shape index (κ3) is 3.35. The molecule has 19 heavy (non-hydrogen) atoms. The molecule has 1 aliphatic heterocycles. The molecule has 1 saturated heterocycles. The Morgan fingerprint density at radius 1 is 1.58 bits per heavy atom. The molecule has 2 heterocycles. The summed E-state index contributed by atoms with van der Waals surface area (Å²) in [4.78, 5) is 15.3. The summed E-state index contributed by atoms with van der Waals surface area (Å²) in [5.74, 6) is 0.111. The van der Waals surface area contributed by atoms with E-state index in [1.54, 1.807) is 11.3 Å². The van der Waals surface area contributed by atoms with Crippen molar-refractivity contribution >= 4 is 17.2 Å². The van der Waals surface area contributed by atoms with Crippen LogP contribution in [-0.2, 0) is 4.79 Å². The molecule has 0 bridgehead atoms. The van der Waals surface area contributed by atoms with E-state index >= 15 is 0 Å². The molecule has 4 nitrogen and oxygen atoms in total. The van der Waals surface area contributed by atoms with Crippen LogP contribution in [0.2, 0.25) is 0 Å². The van der Waals surface area contributed by atoms with Gasteiger partial charge in [0.15, 0.2) is 0 Å². The zero-order valence-corrected chi connectivity index (χ0v) is 12.5. The molecule has 106 valence electrons. The summed E-state index contributed by atoms with van der Waals surface area (Å²) in [5.41, 5.74) is 7.62. The van der Waals surface area contributed by atoms with Crippen LogP contribution in [0.25, 0.3) is 0 Å². The Hall–Kier alpha value is -0.910. The van der Waals surface area contributed by atoms with Gasteiger partial charge in [-0.1, -0.05) is 6.92 Å². The van der Waals surface area contributed by atoms with Gasteiger partial charge in [-0.15, -0.1) is 11.3 Å². The van der Waals surface area contributed by atoms with E-state index in [9.17, 15) is 4.79 Å². The normalized spacial score (nSPS) is 20.7. The van der Waals surface area contributed by atoms with E-state index in [1.807, 2.05) is 0 Å². The molecular formula is C14H23N3OS. The standard InChI is InChI=1S/C14H23N3OS/c1-3-11(15)13(14-10(2)5-8-19-14)17-7-4-6-16-12(18)9-17/h5,8,11,13H,3-4,6-7,9,15H2,1-2H3,(H,16,18). The van der Waals surface area contributed by atoms with Gasteiger partial charge in [-0.05, 0) is 36.8 Å². The Morgan fingerprint density at radius 2 is 2.37 bits per heavy atom. The van der Waals surface area contributed by atoms with Gasteiger partial charge in [0.25, 0.3) is 0 Å². The second kappa shape index (κ2) is 6.50. The highest BCUT2D eigenvalue weighted by Gasteiger charge is 2.30. The number of amides is 1. The van der Waals surface area contributed by atoms with Gasteiger partial charge in [-0.25, -0.2) is 0 Å². The number of nitrogens with zero attached hydrogens (tertiary/aromatic N) is 1. The third-order valence-electron chi connectivity index (χ3n) is 3.73. The van der Waals surface area contributed by atoms with E-state index in [0.29, 0.717) is 6.54 Å². The van der Waals surface area contributed by atoms with Crippen molar-refractivity contribution in [2.24, 2.45) is 5.73 Å². The number of nitrogens with one attached hydrogen (secondary N) is 1. The fourth-order valence-corrected chi connectivity index (χ4v) is 3.74. The maximum Gasteiger partial charge on any atom is 0.234 e. The molecule has 2 atom stereocenters. The Labute approximate surface area is 119 Å². The third-order valence-corrected chi connectivity index (χ3v) is 4.82. The van der Waals surface area contributed by atoms with Gasteiger partial charge in [0.1, 0.15) is 0 Å². The van der Waals surface area contributed by atoms with E-state index in [1.165, 1.54) is 10.4 Å². The van der Waals surface area contributed by atoms with Crippen molar-refractivity contribution in [3.05, 3.63) is 21.9 Å². The molecule has 1 amide bonds. The molecule has 1 fully saturated rings. The lowest BCUT2D eigenvalue weighted by Gasteiger charge is -2.33. The lowest BCUT2D eigenvalue weighted by molar-refractivity contribution is -0.122. The molecule has 5 heteroatoms. The number of thiophene rings is 1. The lowest BCUT2D eigenvalue weighted by Crippen LogP contribution is -2.43. The summed E-state index contributed by atoms with van der Waals surface area (Å²) < 4.78 is 0. The highest BCUT2D eigenvalue weighted by atomic mass is 32.1. The van der Waals surface area contributed by atoms with Crippen LogP contribution in [0, 0.1) is 6.92 Å². The number of aryl methyl sites for hydroxylation is 1. The minimum atomic E-state index is 0.0725. The van der Waals surface area contributed by atoms with Crippen molar-refractivity contribution in [1.29, 1.82) is 0 Å². The summed E-state index contributed by atoms with van der Waals surface area (Å²) in [5, 5.41) is 5.04. The van der Waals surface area contributed by atoms with Crippen LogP contribution in [-0.4, -0.2) is 36.5 Å². The predicted octanol–water partition coefficient (Wildman–Crippen LogP) is 1.66. The lowest BCUT2D eigenvalue weighted by atomic mass is 10.0. The van der Waals surface area contributed by atoms with E-state index < -0.39 is 0 Å². The van der Waals surface area contributed by atoms with Crippen molar-refractivity contribution in [2.45, 2.75) is 38.8 Å². The molecule has 1 aromatic rings. The second-order valence-electron chi connectivity index (χ2n) is 5.16. The quantitative estimate of drug-likeness (QED) is 0.882. The van der Waals surface area contributed by atoms with Crippen LogP contribution < -0.4 is 11.1 Å². The Bertz CT molecular complexity index is 432. The van der Waals surface area contributed by atoms with E-state index in [-0.39, 0.29) is 18.0 Å². The SMILES string of the molecule is CCC(N)C(c1sccc1C)N1CCCNC(=O)C1. The van der Waals surface area contributed by atoms with Crippen LogP contribution >= 0.6 is 11.3 Å². The van der Waals surface area contributed by atoms with Crippen molar-refractivity contribution in [3.8, 4) is 0 Å². The number of carbonyl (C=O) groups excluding carboxylic acids is 1. The number of rotatable bonds is 4. The molecule has 0 aromatic carbocycles. The molecule has 0 saturated carbocycles.